The molecule has 1 aliphatic rings. The summed E-state index contributed by atoms with van der Waals surface area (Å²) in [5, 5.41) is 3.70. The van der Waals surface area contributed by atoms with Crippen LogP contribution < -0.4 is 5.32 Å². The summed E-state index contributed by atoms with van der Waals surface area (Å²) in [6.45, 7) is 7.71. The number of hydrogen-bond donors (Lipinski definition) is 1. The number of halogens is 1. The van der Waals surface area contributed by atoms with Gasteiger partial charge in [-0.1, -0.05) is 32.8 Å². The van der Waals surface area contributed by atoms with E-state index in [1.807, 2.05) is 13.0 Å². The molecule has 0 saturated heterocycles. The van der Waals surface area contributed by atoms with Crippen LogP contribution in [0.15, 0.2) is 18.2 Å². The average Bonchev–Trinajstić information content (AvgIpc) is 2.37. The van der Waals surface area contributed by atoms with E-state index < -0.39 is 0 Å². The number of hydrogen-bond acceptors (Lipinski definition) is 1. The minimum absolute atomic E-state index is 0.135. The Morgan fingerprint density at radius 2 is 2.05 bits per heavy atom. The van der Waals surface area contributed by atoms with Crippen LogP contribution in [0, 0.1) is 24.6 Å². The maximum absolute atomic E-state index is 13.0. The molecule has 0 radical (unpaired) electrons. The third-order valence-corrected chi connectivity index (χ3v) is 4.81. The van der Waals surface area contributed by atoms with Crippen LogP contribution in [0.1, 0.15) is 44.2 Å². The molecular formula is C17H26FN. The Balaban J connectivity index is 1.83. The van der Waals surface area contributed by atoms with Gasteiger partial charge in [0.2, 0.25) is 0 Å². The first-order chi connectivity index (χ1) is 9.08. The number of rotatable bonds is 4. The van der Waals surface area contributed by atoms with Crippen LogP contribution in [0.5, 0.6) is 0 Å². The number of benzene rings is 1. The maximum Gasteiger partial charge on any atom is 0.123 e. The van der Waals surface area contributed by atoms with Gasteiger partial charge in [-0.25, -0.2) is 4.39 Å². The van der Waals surface area contributed by atoms with E-state index in [1.54, 1.807) is 12.1 Å². The fraction of sp³-hybridized carbons (Fsp3) is 0.647. The van der Waals surface area contributed by atoms with Crippen molar-refractivity contribution in [2.24, 2.45) is 11.8 Å². The number of nitrogens with one attached hydrogen (secondary N) is 1. The van der Waals surface area contributed by atoms with Crippen LogP contribution in [0.25, 0.3) is 0 Å². The highest BCUT2D eigenvalue weighted by Crippen LogP contribution is 2.29. The summed E-state index contributed by atoms with van der Waals surface area (Å²) in [5.41, 5.74) is 2.32. The van der Waals surface area contributed by atoms with E-state index in [0.29, 0.717) is 6.04 Å². The molecule has 3 atom stereocenters. The van der Waals surface area contributed by atoms with Gasteiger partial charge in [0, 0.05) is 6.04 Å². The molecule has 2 heteroatoms. The van der Waals surface area contributed by atoms with Crippen LogP contribution >= 0.6 is 0 Å². The third-order valence-electron chi connectivity index (χ3n) is 4.81. The molecule has 106 valence electrons. The Bertz CT molecular complexity index is 416. The van der Waals surface area contributed by atoms with Crippen molar-refractivity contribution in [3.8, 4) is 0 Å². The minimum atomic E-state index is -0.135. The zero-order valence-electron chi connectivity index (χ0n) is 12.4. The molecule has 1 N–H and O–H groups in total. The highest BCUT2D eigenvalue weighted by molar-refractivity contribution is 5.26. The van der Waals surface area contributed by atoms with E-state index >= 15 is 0 Å². The van der Waals surface area contributed by atoms with Crippen molar-refractivity contribution in [3.05, 3.63) is 35.1 Å². The SMILES string of the molecule is Cc1cc(F)ccc1CCNC1CCCC(C)C1C. The predicted molar refractivity (Wildman–Crippen MR) is 78.8 cm³/mol. The van der Waals surface area contributed by atoms with E-state index in [4.69, 9.17) is 0 Å². The summed E-state index contributed by atoms with van der Waals surface area (Å²) in [7, 11) is 0. The van der Waals surface area contributed by atoms with Gasteiger partial charge in [0.1, 0.15) is 5.82 Å². The van der Waals surface area contributed by atoms with Crippen LogP contribution in [-0.2, 0) is 6.42 Å². The monoisotopic (exact) mass is 263 g/mol. The van der Waals surface area contributed by atoms with Gasteiger partial charge in [0.15, 0.2) is 0 Å². The summed E-state index contributed by atoms with van der Waals surface area (Å²) in [6, 6.07) is 5.76. The summed E-state index contributed by atoms with van der Waals surface area (Å²) < 4.78 is 13.0. The van der Waals surface area contributed by atoms with Gasteiger partial charge >= 0.3 is 0 Å². The first kappa shape index (κ1) is 14.5. The third kappa shape index (κ3) is 3.79. The van der Waals surface area contributed by atoms with Gasteiger partial charge in [0.25, 0.3) is 0 Å². The molecule has 19 heavy (non-hydrogen) atoms. The Morgan fingerprint density at radius 1 is 1.26 bits per heavy atom. The molecule has 1 saturated carbocycles. The molecular weight excluding hydrogens is 237 g/mol. The van der Waals surface area contributed by atoms with Crippen molar-refractivity contribution in [1.29, 1.82) is 0 Å². The Hall–Kier alpha value is -0.890. The van der Waals surface area contributed by atoms with Gasteiger partial charge in [-0.2, -0.15) is 0 Å². The van der Waals surface area contributed by atoms with Gasteiger partial charge in [0.05, 0.1) is 0 Å². The van der Waals surface area contributed by atoms with Crippen LogP contribution in [0.3, 0.4) is 0 Å². The molecule has 0 bridgehead atoms. The van der Waals surface area contributed by atoms with E-state index in [9.17, 15) is 4.39 Å². The van der Waals surface area contributed by atoms with Crippen LogP contribution in [0.4, 0.5) is 4.39 Å². The molecule has 1 aromatic carbocycles. The summed E-state index contributed by atoms with van der Waals surface area (Å²) in [6.07, 6.45) is 5.01. The molecule has 0 aliphatic heterocycles. The van der Waals surface area contributed by atoms with Crippen molar-refractivity contribution in [1.82, 2.24) is 5.32 Å². The lowest BCUT2D eigenvalue weighted by atomic mass is 9.78. The van der Waals surface area contributed by atoms with Crippen molar-refractivity contribution in [2.45, 2.75) is 52.5 Å². The molecule has 3 unspecified atom stereocenters. The first-order valence-corrected chi connectivity index (χ1v) is 7.56. The average molecular weight is 263 g/mol. The van der Waals surface area contributed by atoms with Gasteiger partial charge < -0.3 is 5.32 Å². The topological polar surface area (TPSA) is 12.0 Å². The lowest BCUT2D eigenvalue weighted by Crippen LogP contribution is -2.41. The quantitative estimate of drug-likeness (QED) is 0.862. The van der Waals surface area contributed by atoms with E-state index in [0.717, 1.165) is 30.4 Å². The summed E-state index contributed by atoms with van der Waals surface area (Å²) in [4.78, 5) is 0. The van der Waals surface area contributed by atoms with Crippen LogP contribution in [0.2, 0.25) is 0 Å². The lowest BCUT2D eigenvalue weighted by molar-refractivity contribution is 0.208. The smallest absolute Gasteiger partial charge is 0.123 e. The fourth-order valence-corrected chi connectivity index (χ4v) is 3.20. The normalized spacial score (nSPS) is 27.5. The molecule has 1 aliphatic carbocycles. The minimum Gasteiger partial charge on any atom is -0.313 e. The Morgan fingerprint density at radius 3 is 2.79 bits per heavy atom. The van der Waals surface area contributed by atoms with E-state index in [-0.39, 0.29) is 5.82 Å². The van der Waals surface area contributed by atoms with Crippen molar-refractivity contribution >= 4 is 0 Å². The molecule has 0 aromatic heterocycles. The molecule has 1 aromatic rings. The zero-order valence-corrected chi connectivity index (χ0v) is 12.4. The van der Waals surface area contributed by atoms with Crippen molar-refractivity contribution in [2.75, 3.05) is 6.54 Å². The molecule has 1 fully saturated rings. The van der Waals surface area contributed by atoms with Gasteiger partial charge in [-0.05, 0) is 61.4 Å². The molecule has 1 nitrogen and oxygen atoms in total. The lowest BCUT2D eigenvalue weighted by Gasteiger charge is -2.34. The highest BCUT2D eigenvalue weighted by atomic mass is 19.1. The van der Waals surface area contributed by atoms with Crippen molar-refractivity contribution in [3.63, 3.8) is 0 Å². The zero-order chi connectivity index (χ0) is 13.8. The summed E-state index contributed by atoms with van der Waals surface area (Å²) in [5.74, 6) is 1.46. The highest BCUT2D eigenvalue weighted by Gasteiger charge is 2.26. The first-order valence-electron chi connectivity index (χ1n) is 7.56. The standard InChI is InChI=1S/C17H26FN/c1-12-5-4-6-17(14(12)3)19-10-9-15-7-8-16(18)11-13(15)2/h7-8,11-12,14,17,19H,4-6,9-10H2,1-3H3. The second-order valence-electron chi connectivity index (χ2n) is 6.15. The predicted octanol–water partition coefficient (Wildman–Crippen LogP) is 4.09. The maximum atomic E-state index is 13.0. The second-order valence-corrected chi connectivity index (χ2v) is 6.15. The van der Waals surface area contributed by atoms with Gasteiger partial charge in [-0.15, -0.1) is 0 Å². The van der Waals surface area contributed by atoms with Crippen molar-refractivity contribution < 1.29 is 4.39 Å². The van der Waals surface area contributed by atoms with E-state index in [1.165, 1.54) is 24.8 Å². The molecule has 0 spiro atoms. The number of aryl methyl sites for hydroxylation is 1. The fourth-order valence-electron chi connectivity index (χ4n) is 3.20. The molecule has 0 amide bonds. The van der Waals surface area contributed by atoms with Crippen LogP contribution in [-0.4, -0.2) is 12.6 Å². The Labute approximate surface area is 116 Å². The molecule has 0 heterocycles. The second kappa shape index (κ2) is 6.51. The summed E-state index contributed by atoms with van der Waals surface area (Å²) >= 11 is 0. The Kier molecular flexibility index (Phi) is 4.98. The molecule has 2 rings (SSSR count). The largest absolute Gasteiger partial charge is 0.313 e. The van der Waals surface area contributed by atoms with Gasteiger partial charge in [-0.3, -0.25) is 0 Å². The van der Waals surface area contributed by atoms with E-state index in [2.05, 4.69) is 19.2 Å².